The van der Waals surface area contributed by atoms with Gasteiger partial charge in [0.25, 0.3) is 5.91 Å². The Balaban J connectivity index is 1.16. The average Bonchev–Trinajstić information content (AvgIpc) is 3.34. The first-order valence-electron chi connectivity index (χ1n) is 13.2. The van der Waals surface area contributed by atoms with Crippen molar-refractivity contribution in [3.63, 3.8) is 0 Å². The van der Waals surface area contributed by atoms with Crippen LogP contribution in [0.5, 0.6) is 0 Å². The van der Waals surface area contributed by atoms with E-state index in [0.717, 1.165) is 42.9 Å². The van der Waals surface area contributed by atoms with Gasteiger partial charge in [-0.05, 0) is 87.7 Å². The summed E-state index contributed by atoms with van der Waals surface area (Å²) >= 11 is 0. The van der Waals surface area contributed by atoms with Gasteiger partial charge in [0.05, 0.1) is 5.69 Å². The molecule has 0 unspecified atom stereocenters. The van der Waals surface area contributed by atoms with Crippen LogP contribution in [-0.2, 0) is 6.54 Å². The molecule has 4 heterocycles. The third-order valence-corrected chi connectivity index (χ3v) is 7.31. The molecular formula is C28H35N7O2. The van der Waals surface area contributed by atoms with Crippen molar-refractivity contribution < 1.29 is 9.59 Å². The number of hydrogen-bond acceptors (Lipinski definition) is 5. The number of piperidine rings is 2. The number of urea groups is 1. The first-order valence-corrected chi connectivity index (χ1v) is 13.2. The van der Waals surface area contributed by atoms with E-state index >= 15 is 0 Å². The number of carbonyl (C=O) groups is 2. The van der Waals surface area contributed by atoms with Crippen molar-refractivity contribution in [2.24, 2.45) is 0 Å². The van der Waals surface area contributed by atoms with E-state index in [9.17, 15) is 9.59 Å². The Morgan fingerprint density at radius 1 is 1.00 bits per heavy atom. The molecular weight excluding hydrogens is 466 g/mol. The van der Waals surface area contributed by atoms with Crippen molar-refractivity contribution in [1.82, 2.24) is 29.9 Å². The predicted octanol–water partition coefficient (Wildman–Crippen LogP) is 3.99. The average molecular weight is 502 g/mol. The summed E-state index contributed by atoms with van der Waals surface area (Å²) in [7, 11) is 0. The van der Waals surface area contributed by atoms with Gasteiger partial charge in [0, 0.05) is 49.5 Å². The van der Waals surface area contributed by atoms with Crippen molar-refractivity contribution >= 4 is 17.6 Å². The standard InChI is InChI=1S/C28H35N7O2/c1-21-18-26(27(36)34-16-11-24(12-17-34)33-14-3-2-4-15-33)32-35(21)25-9-7-23(8-10-25)31-28(37)30-20-22-6-5-13-29-19-22/h5-10,13,18-19,24H,2-4,11-12,14-17,20H2,1H3,(H2,30,31,37). The fourth-order valence-corrected chi connectivity index (χ4v) is 5.27. The van der Waals surface area contributed by atoms with E-state index in [-0.39, 0.29) is 11.9 Å². The number of amides is 3. The van der Waals surface area contributed by atoms with Crippen LogP contribution in [-0.4, -0.2) is 68.7 Å². The van der Waals surface area contributed by atoms with Gasteiger partial charge in [0.15, 0.2) is 5.69 Å². The molecule has 3 amide bonds. The van der Waals surface area contributed by atoms with E-state index in [1.54, 1.807) is 17.1 Å². The molecule has 0 spiro atoms. The van der Waals surface area contributed by atoms with Crippen molar-refractivity contribution in [1.29, 1.82) is 0 Å². The lowest BCUT2D eigenvalue weighted by Crippen LogP contribution is -2.48. The fraction of sp³-hybridized carbons (Fsp3) is 0.429. The molecule has 2 aliphatic heterocycles. The summed E-state index contributed by atoms with van der Waals surface area (Å²) in [5, 5.41) is 10.3. The Labute approximate surface area is 217 Å². The maximum absolute atomic E-state index is 13.2. The Kier molecular flexibility index (Phi) is 7.79. The summed E-state index contributed by atoms with van der Waals surface area (Å²) in [4.78, 5) is 34.0. The Bertz CT molecular complexity index is 1200. The minimum atomic E-state index is -0.288. The molecule has 2 N–H and O–H groups in total. The third kappa shape index (κ3) is 6.17. The number of likely N-dealkylation sites (tertiary alicyclic amines) is 2. The molecule has 5 rings (SSSR count). The van der Waals surface area contributed by atoms with Gasteiger partial charge in [-0.3, -0.25) is 9.78 Å². The number of hydrogen-bond donors (Lipinski definition) is 2. The Morgan fingerprint density at radius 2 is 1.76 bits per heavy atom. The lowest BCUT2D eigenvalue weighted by atomic mass is 10.00. The van der Waals surface area contributed by atoms with Crippen LogP contribution >= 0.6 is 0 Å². The zero-order valence-corrected chi connectivity index (χ0v) is 21.4. The largest absolute Gasteiger partial charge is 0.337 e. The van der Waals surface area contributed by atoms with Crippen LogP contribution in [0, 0.1) is 6.92 Å². The normalized spacial score (nSPS) is 16.9. The number of anilines is 1. The molecule has 2 saturated heterocycles. The molecule has 37 heavy (non-hydrogen) atoms. The van der Waals surface area contributed by atoms with Crippen LogP contribution in [0.3, 0.4) is 0 Å². The summed E-state index contributed by atoms with van der Waals surface area (Å²) < 4.78 is 1.78. The summed E-state index contributed by atoms with van der Waals surface area (Å²) in [5.74, 6) is 0.00233. The Morgan fingerprint density at radius 3 is 2.46 bits per heavy atom. The molecule has 9 nitrogen and oxygen atoms in total. The molecule has 2 aliphatic rings. The van der Waals surface area contributed by atoms with Crippen molar-refractivity contribution in [2.45, 2.75) is 51.6 Å². The third-order valence-electron chi connectivity index (χ3n) is 7.31. The second-order valence-corrected chi connectivity index (χ2v) is 9.92. The Hall–Kier alpha value is -3.72. The van der Waals surface area contributed by atoms with Gasteiger partial charge in [-0.25, -0.2) is 9.48 Å². The number of rotatable bonds is 6. The lowest BCUT2D eigenvalue weighted by molar-refractivity contribution is 0.0584. The lowest BCUT2D eigenvalue weighted by Gasteiger charge is -2.40. The second kappa shape index (κ2) is 11.6. The van der Waals surface area contributed by atoms with Gasteiger partial charge in [-0.2, -0.15) is 5.10 Å². The highest BCUT2D eigenvalue weighted by molar-refractivity contribution is 5.92. The quantitative estimate of drug-likeness (QED) is 0.533. The number of pyridine rings is 1. The maximum Gasteiger partial charge on any atom is 0.319 e. The van der Waals surface area contributed by atoms with Crippen LogP contribution in [0.15, 0.2) is 54.9 Å². The molecule has 0 bridgehead atoms. The van der Waals surface area contributed by atoms with E-state index in [0.29, 0.717) is 24.0 Å². The van der Waals surface area contributed by atoms with Gasteiger partial charge in [0.2, 0.25) is 0 Å². The van der Waals surface area contributed by atoms with Gasteiger partial charge in [-0.15, -0.1) is 0 Å². The first kappa shape index (κ1) is 25.0. The summed E-state index contributed by atoms with van der Waals surface area (Å²) in [6.45, 7) is 6.32. The number of benzene rings is 1. The van der Waals surface area contributed by atoms with E-state index in [4.69, 9.17) is 0 Å². The predicted molar refractivity (Wildman–Crippen MR) is 143 cm³/mol. The molecule has 0 aliphatic carbocycles. The van der Waals surface area contributed by atoms with Crippen LogP contribution in [0.1, 0.15) is 53.8 Å². The zero-order valence-electron chi connectivity index (χ0n) is 21.4. The number of nitrogens with one attached hydrogen (secondary N) is 2. The smallest absolute Gasteiger partial charge is 0.319 e. The highest BCUT2D eigenvalue weighted by atomic mass is 16.2. The number of nitrogens with zero attached hydrogens (tertiary/aromatic N) is 5. The SMILES string of the molecule is Cc1cc(C(=O)N2CCC(N3CCCCC3)CC2)nn1-c1ccc(NC(=O)NCc2cccnc2)cc1. The van der Waals surface area contributed by atoms with E-state index in [2.05, 4.69) is 25.6 Å². The molecule has 2 fully saturated rings. The summed E-state index contributed by atoms with van der Waals surface area (Å²) in [6.07, 6.45) is 9.43. The molecule has 2 aromatic heterocycles. The number of aryl methyl sites for hydroxylation is 1. The van der Waals surface area contributed by atoms with Crippen LogP contribution in [0.25, 0.3) is 5.69 Å². The van der Waals surface area contributed by atoms with E-state index < -0.39 is 0 Å². The molecule has 3 aromatic rings. The van der Waals surface area contributed by atoms with Crippen molar-refractivity contribution in [3.8, 4) is 5.69 Å². The highest BCUT2D eigenvalue weighted by Crippen LogP contribution is 2.23. The molecule has 0 saturated carbocycles. The maximum atomic E-state index is 13.2. The van der Waals surface area contributed by atoms with Gasteiger partial charge in [-0.1, -0.05) is 12.5 Å². The van der Waals surface area contributed by atoms with Gasteiger partial charge < -0.3 is 20.4 Å². The molecule has 9 heteroatoms. The second-order valence-electron chi connectivity index (χ2n) is 9.92. The van der Waals surface area contributed by atoms with Gasteiger partial charge in [0.1, 0.15) is 0 Å². The molecule has 194 valence electrons. The van der Waals surface area contributed by atoms with E-state index in [1.807, 2.05) is 54.3 Å². The van der Waals surface area contributed by atoms with Gasteiger partial charge >= 0.3 is 6.03 Å². The molecule has 0 atom stereocenters. The summed E-state index contributed by atoms with van der Waals surface area (Å²) in [6, 6.07) is 13.3. The highest BCUT2D eigenvalue weighted by Gasteiger charge is 2.29. The van der Waals surface area contributed by atoms with Crippen molar-refractivity contribution in [2.75, 3.05) is 31.5 Å². The topological polar surface area (TPSA) is 95.4 Å². The van der Waals surface area contributed by atoms with Crippen LogP contribution in [0.4, 0.5) is 10.5 Å². The number of aromatic nitrogens is 3. The molecule has 0 radical (unpaired) electrons. The fourth-order valence-electron chi connectivity index (χ4n) is 5.27. The first-order chi connectivity index (χ1) is 18.1. The molecule has 1 aromatic carbocycles. The van der Waals surface area contributed by atoms with Crippen molar-refractivity contribution in [3.05, 3.63) is 71.8 Å². The number of carbonyl (C=O) groups excluding carboxylic acids is 2. The monoisotopic (exact) mass is 501 g/mol. The minimum absolute atomic E-state index is 0.00233. The summed E-state index contributed by atoms with van der Waals surface area (Å²) in [5.41, 5.74) is 3.80. The zero-order chi connectivity index (χ0) is 25.6. The van der Waals surface area contributed by atoms with Crippen LogP contribution < -0.4 is 10.6 Å². The van der Waals surface area contributed by atoms with E-state index in [1.165, 1.54) is 32.4 Å². The van der Waals surface area contributed by atoms with Crippen LogP contribution in [0.2, 0.25) is 0 Å². The minimum Gasteiger partial charge on any atom is -0.337 e.